The van der Waals surface area contributed by atoms with Crippen LogP contribution in [0.3, 0.4) is 0 Å². The number of methoxy groups -OCH3 is 2. The number of anilines is 1. The first-order valence-electron chi connectivity index (χ1n) is 8.47. The highest BCUT2D eigenvalue weighted by Crippen LogP contribution is 2.26. The van der Waals surface area contributed by atoms with E-state index in [1.807, 2.05) is 60.7 Å². The Morgan fingerprint density at radius 1 is 0.963 bits per heavy atom. The summed E-state index contributed by atoms with van der Waals surface area (Å²) in [5, 5.41) is 9.18. The first-order chi connectivity index (χ1) is 13.2. The molecule has 0 saturated heterocycles. The Balaban J connectivity index is 1.67. The van der Waals surface area contributed by atoms with Crippen molar-refractivity contribution in [3.8, 4) is 11.5 Å². The highest BCUT2D eigenvalue weighted by atomic mass is 16.5. The summed E-state index contributed by atoms with van der Waals surface area (Å²) in [5.74, 6) is 1.10. The molecule has 0 bridgehead atoms. The fourth-order valence-corrected chi connectivity index (χ4v) is 2.76. The number of carbonyl (C=O) groups is 1. The molecule has 6 heteroatoms. The Hall–Kier alpha value is -3.54. The smallest absolute Gasteiger partial charge is 0.259 e. The van der Waals surface area contributed by atoms with Crippen LogP contribution in [0.2, 0.25) is 0 Å². The second-order valence-electron chi connectivity index (χ2n) is 5.75. The molecule has 2 N–H and O–H groups in total. The molecule has 0 saturated carbocycles. The van der Waals surface area contributed by atoms with Gasteiger partial charge in [0.1, 0.15) is 11.5 Å². The van der Waals surface area contributed by atoms with Crippen molar-refractivity contribution in [2.75, 3.05) is 26.1 Å². The topological polar surface area (TPSA) is 72.0 Å². The van der Waals surface area contributed by atoms with E-state index in [1.165, 1.54) is 0 Å². The maximum absolute atomic E-state index is 12.1. The highest BCUT2D eigenvalue weighted by Gasteiger charge is 2.07. The van der Waals surface area contributed by atoms with E-state index in [1.54, 1.807) is 20.4 Å². The number of carbonyl (C=O) groups excluding carboxylic acids is 1. The SMILES string of the molecule is COc1ccccc1NCC(=O)N/N=C/c1c(OC)ccc2ccccc12. The fourth-order valence-electron chi connectivity index (χ4n) is 2.76. The van der Waals surface area contributed by atoms with Gasteiger partial charge < -0.3 is 14.8 Å². The van der Waals surface area contributed by atoms with Gasteiger partial charge in [-0.2, -0.15) is 5.10 Å². The summed E-state index contributed by atoms with van der Waals surface area (Å²) in [4.78, 5) is 12.1. The molecule has 3 aromatic carbocycles. The number of nitrogens with zero attached hydrogens (tertiary/aromatic N) is 1. The zero-order valence-corrected chi connectivity index (χ0v) is 15.2. The van der Waals surface area contributed by atoms with Crippen LogP contribution in [0.25, 0.3) is 10.8 Å². The minimum Gasteiger partial charge on any atom is -0.496 e. The number of hydrogen-bond donors (Lipinski definition) is 2. The predicted octanol–water partition coefficient (Wildman–Crippen LogP) is 3.42. The molecule has 27 heavy (non-hydrogen) atoms. The largest absolute Gasteiger partial charge is 0.496 e. The Bertz CT molecular complexity index is 970. The Labute approximate surface area is 157 Å². The van der Waals surface area contributed by atoms with Crippen LogP contribution in [0.15, 0.2) is 65.8 Å². The Morgan fingerprint density at radius 2 is 1.70 bits per heavy atom. The minimum atomic E-state index is -0.267. The van der Waals surface area contributed by atoms with E-state index in [9.17, 15) is 4.79 Å². The number of ether oxygens (including phenoxy) is 2. The third-order valence-electron chi connectivity index (χ3n) is 4.08. The van der Waals surface area contributed by atoms with Gasteiger partial charge in [-0.3, -0.25) is 4.79 Å². The van der Waals surface area contributed by atoms with E-state index in [4.69, 9.17) is 9.47 Å². The van der Waals surface area contributed by atoms with Crippen LogP contribution in [0, 0.1) is 0 Å². The van der Waals surface area contributed by atoms with E-state index in [0.717, 1.165) is 22.0 Å². The number of benzene rings is 3. The molecule has 0 spiro atoms. The molecule has 0 aliphatic rings. The second-order valence-corrected chi connectivity index (χ2v) is 5.75. The lowest BCUT2D eigenvalue weighted by Gasteiger charge is -2.10. The van der Waals surface area contributed by atoms with Crippen molar-refractivity contribution in [2.24, 2.45) is 5.10 Å². The molecule has 1 amide bonds. The van der Waals surface area contributed by atoms with E-state index < -0.39 is 0 Å². The molecule has 6 nitrogen and oxygen atoms in total. The molecular formula is C21H21N3O3. The molecule has 0 aromatic heterocycles. The van der Waals surface area contributed by atoms with E-state index in [2.05, 4.69) is 15.8 Å². The zero-order chi connectivity index (χ0) is 19.1. The van der Waals surface area contributed by atoms with Gasteiger partial charge >= 0.3 is 0 Å². The first-order valence-corrected chi connectivity index (χ1v) is 8.47. The zero-order valence-electron chi connectivity index (χ0n) is 15.2. The lowest BCUT2D eigenvalue weighted by atomic mass is 10.0. The highest BCUT2D eigenvalue weighted by molar-refractivity contribution is 6.02. The van der Waals surface area contributed by atoms with E-state index in [0.29, 0.717) is 11.5 Å². The van der Waals surface area contributed by atoms with Gasteiger partial charge in [0.15, 0.2) is 0 Å². The lowest BCUT2D eigenvalue weighted by Crippen LogP contribution is -2.26. The van der Waals surface area contributed by atoms with Crippen molar-refractivity contribution < 1.29 is 14.3 Å². The monoisotopic (exact) mass is 363 g/mol. The summed E-state index contributed by atoms with van der Waals surface area (Å²) in [5.41, 5.74) is 4.09. The molecule has 0 unspecified atom stereocenters. The minimum absolute atomic E-state index is 0.0738. The summed E-state index contributed by atoms with van der Waals surface area (Å²) in [6.07, 6.45) is 1.60. The summed E-state index contributed by atoms with van der Waals surface area (Å²) < 4.78 is 10.7. The number of fused-ring (bicyclic) bond motifs is 1. The van der Waals surface area contributed by atoms with Crippen LogP contribution >= 0.6 is 0 Å². The van der Waals surface area contributed by atoms with Crippen molar-refractivity contribution in [1.29, 1.82) is 0 Å². The second kappa shape index (κ2) is 8.71. The summed E-state index contributed by atoms with van der Waals surface area (Å²) in [6.45, 7) is 0.0738. The Morgan fingerprint density at radius 3 is 2.52 bits per heavy atom. The fraction of sp³-hybridized carbons (Fsp3) is 0.143. The van der Waals surface area contributed by atoms with Crippen LogP contribution in [0.4, 0.5) is 5.69 Å². The van der Waals surface area contributed by atoms with E-state index >= 15 is 0 Å². The first kappa shape index (κ1) is 18.3. The lowest BCUT2D eigenvalue weighted by molar-refractivity contribution is -0.119. The number of amides is 1. The number of hydrazone groups is 1. The summed E-state index contributed by atoms with van der Waals surface area (Å²) >= 11 is 0. The van der Waals surface area contributed by atoms with Gasteiger partial charge in [0.25, 0.3) is 5.91 Å². The molecule has 0 aliphatic carbocycles. The molecule has 138 valence electrons. The molecular weight excluding hydrogens is 342 g/mol. The van der Waals surface area contributed by atoms with Gasteiger partial charge in [-0.25, -0.2) is 5.43 Å². The molecule has 0 atom stereocenters. The third-order valence-corrected chi connectivity index (χ3v) is 4.08. The predicted molar refractivity (Wildman–Crippen MR) is 108 cm³/mol. The van der Waals surface area contributed by atoms with Crippen molar-refractivity contribution in [3.05, 3.63) is 66.2 Å². The van der Waals surface area contributed by atoms with Crippen molar-refractivity contribution in [3.63, 3.8) is 0 Å². The number of para-hydroxylation sites is 2. The van der Waals surface area contributed by atoms with Crippen molar-refractivity contribution in [1.82, 2.24) is 5.43 Å². The van der Waals surface area contributed by atoms with Crippen molar-refractivity contribution >= 4 is 28.6 Å². The molecule has 0 aliphatic heterocycles. The molecule has 0 fully saturated rings. The van der Waals surface area contributed by atoms with Crippen LogP contribution in [0.1, 0.15) is 5.56 Å². The standard InChI is InChI=1S/C21H21N3O3/c1-26-19-12-11-15-7-3-4-8-16(15)17(19)13-23-24-21(25)14-22-18-9-5-6-10-20(18)27-2/h3-13,22H,14H2,1-2H3,(H,24,25)/b23-13+. The molecule has 3 aromatic rings. The van der Waals surface area contributed by atoms with Crippen LogP contribution < -0.4 is 20.2 Å². The third kappa shape index (κ3) is 4.36. The average molecular weight is 363 g/mol. The normalized spacial score (nSPS) is 10.7. The number of nitrogens with one attached hydrogen (secondary N) is 2. The molecule has 0 heterocycles. The van der Waals surface area contributed by atoms with Gasteiger partial charge in [0.05, 0.1) is 32.7 Å². The Kier molecular flexibility index (Phi) is 5.89. The average Bonchev–Trinajstić information content (AvgIpc) is 2.72. The van der Waals surface area contributed by atoms with Gasteiger partial charge in [0.2, 0.25) is 0 Å². The van der Waals surface area contributed by atoms with Gasteiger partial charge in [0, 0.05) is 5.56 Å². The van der Waals surface area contributed by atoms with Crippen LogP contribution in [0.5, 0.6) is 11.5 Å². The number of hydrogen-bond acceptors (Lipinski definition) is 5. The quantitative estimate of drug-likeness (QED) is 0.498. The summed E-state index contributed by atoms with van der Waals surface area (Å²) in [7, 11) is 3.19. The van der Waals surface area contributed by atoms with Crippen LogP contribution in [-0.2, 0) is 4.79 Å². The van der Waals surface area contributed by atoms with Gasteiger partial charge in [-0.15, -0.1) is 0 Å². The number of rotatable bonds is 7. The van der Waals surface area contributed by atoms with Crippen molar-refractivity contribution in [2.45, 2.75) is 0 Å². The summed E-state index contributed by atoms with van der Waals surface area (Å²) in [6, 6.07) is 19.2. The van der Waals surface area contributed by atoms with E-state index in [-0.39, 0.29) is 12.5 Å². The molecule has 0 radical (unpaired) electrons. The van der Waals surface area contributed by atoms with Gasteiger partial charge in [-0.05, 0) is 29.0 Å². The maximum Gasteiger partial charge on any atom is 0.259 e. The van der Waals surface area contributed by atoms with Gasteiger partial charge in [-0.1, -0.05) is 42.5 Å². The maximum atomic E-state index is 12.1. The molecule has 3 rings (SSSR count). The van der Waals surface area contributed by atoms with Crippen LogP contribution in [-0.4, -0.2) is 32.9 Å².